The molecule has 0 saturated carbocycles. The molecule has 0 unspecified atom stereocenters. The third-order valence-electron chi connectivity index (χ3n) is 9.50. The van der Waals surface area contributed by atoms with Crippen LogP contribution in [0.1, 0.15) is 41.6 Å². The Morgan fingerprint density at radius 3 is 2.79 bits per heavy atom. The van der Waals surface area contributed by atoms with Gasteiger partial charge in [-0.2, -0.15) is 0 Å². The molecule has 5 N–H and O–H groups in total. The molecule has 1 saturated heterocycles. The molecule has 0 amide bonds. The van der Waals surface area contributed by atoms with Crippen LogP contribution in [0.3, 0.4) is 0 Å². The lowest BCUT2D eigenvalue weighted by molar-refractivity contribution is -0.169. The van der Waals surface area contributed by atoms with E-state index in [1.807, 2.05) is 6.92 Å². The van der Waals surface area contributed by atoms with E-state index in [0.29, 0.717) is 19.4 Å². The number of ether oxygens (including phenoxy) is 1. The fourth-order valence-corrected chi connectivity index (χ4v) is 7.58. The number of nitrogens with one attached hydrogen (secondary N) is 2. The molecular formula is C32H38N4O3. The quantitative estimate of drug-likeness (QED) is 0.230. The Bertz CT molecular complexity index is 1570. The maximum atomic E-state index is 13.7. The summed E-state index contributed by atoms with van der Waals surface area (Å²) in [6, 6.07) is 14.9. The van der Waals surface area contributed by atoms with Crippen LogP contribution in [0, 0.1) is 11.3 Å². The zero-order chi connectivity index (χ0) is 27.3. The molecule has 1 aliphatic carbocycles. The Balaban J connectivity index is 1.61. The number of allylic oxidation sites excluding steroid dienone is 1. The minimum atomic E-state index is -1.07. The van der Waals surface area contributed by atoms with Gasteiger partial charge >= 0.3 is 5.97 Å². The van der Waals surface area contributed by atoms with Crippen molar-refractivity contribution in [3.8, 4) is 0 Å². The highest BCUT2D eigenvalue weighted by molar-refractivity contribution is 5.87. The molecule has 4 aromatic rings. The molecule has 0 spiro atoms. The van der Waals surface area contributed by atoms with Crippen molar-refractivity contribution in [2.45, 2.75) is 38.1 Å². The topological polar surface area (TPSA) is 107 Å². The number of H-pyrrole nitrogens is 2. The first-order chi connectivity index (χ1) is 19.0. The van der Waals surface area contributed by atoms with Crippen molar-refractivity contribution in [3.05, 3.63) is 82.7 Å². The van der Waals surface area contributed by atoms with E-state index in [4.69, 9.17) is 10.5 Å². The number of likely N-dealkylation sites (N-methyl/N-ethyl adjacent to an activating group) is 1. The molecule has 4 atom stereocenters. The highest BCUT2D eigenvalue weighted by Gasteiger charge is 2.59. The fraction of sp³-hybridized carbons (Fsp3) is 0.406. The van der Waals surface area contributed by atoms with Crippen LogP contribution in [0.15, 0.2) is 60.3 Å². The van der Waals surface area contributed by atoms with Gasteiger partial charge < -0.3 is 25.5 Å². The van der Waals surface area contributed by atoms with Crippen molar-refractivity contribution in [1.29, 1.82) is 0 Å². The van der Waals surface area contributed by atoms with Crippen molar-refractivity contribution in [1.82, 2.24) is 14.9 Å². The van der Waals surface area contributed by atoms with Crippen molar-refractivity contribution < 1.29 is 14.6 Å². The molecule has 2 aromatic carbocycles. The molecule has 3 heterocycles. The first kappa shape index (κ1) is 25.9. The predicted octanol–water partition coefficient (Wildman–Crippen LogP) is 4.26. The summed E-state index contributed by atoms with van der Waals surface area (Å²) in [6.07, 6.45) is 6.33. The van der Waals surface area contributed by atoms with Crippen LogP contribution in [-0.4, -0.2) is 65.8 Å². The van der Waals surface area contributed by atoms with E-state index < -0.39 is 5.41 Å². The number of aromatic amines is 2. The minimum absolute atomic E-state index is 0.00190. The van der Waals surface area contributed by atoms with Crippen LogP contribution in [0.5, 0.6) is 0 Å². The van der Waals surface area contributed by atoms with E-state index in [9.17, 15) is 9.90 Å². The van der Waals surface area contributed by atoms with Gasteiger partial charge in [0, 0.05) is 58.1 Å². The molecule has 1 fully saturated rings. The number of hydrogen-bond acceptors (Lipinski definition) is 5. The van der Waals surface area contributed by atoms with Crippen LogP contribution in [0.25, 0.3) is 21.8 Å². The van der Waals surface area contributed by atoms with Crippen molar-refractivity contribution in [2.24, 2.45) is 17.1 Å². The molecule has 2 bridgehead atoms. The minimum Gasteiger partial charge on any atom is -0.468 e. The molecule has 2 aromatic heterocycles. The molecule has 2 aliphatic rings. The van der Waals surface area contributed by atoms with Crippen molar-refractivity contribution >= 4 is 27.8 Å². The fourth-order valence-electron chi connectivity index (χ4n) is 7.58. The lowest BCUT2D eigenvalue weighted by Gasteiger charge is -2.53. The van der Waals surface area contributed by atoms with Crippen LogP contribution in [-0.2, 0) is 22.4 Å². The third-order valence-corrected chi connectivity index (χ3v) is 9.50. The summed E-state index contributed by atoms with van der Waals surface area (Å²) < 4.78 is 5.46. The number of rotatable bonds is 5. The van der Waals surface area contributed by atoms with E-state index in [2.05, 4.69) is 76.7 Å². The SMILES string of the molecule is C/C=C1/CN(C)[C@H]2Cc3c([nH]c4ccccc34)[C@H](c3ccc4c(CCN)c[nH]c4c3)C[C@@H]1[C@]2(CO)C(=O)OC. The van der Waals surface area contributed by atoms with E-state index in [1.165, 1.54) is 45.8 Å². The molecule has 7 heteroatoms. The van der Waals surface area contributed by atoms with E-state index in [0.717, 1.165) is 24.0 Å². The number of hydrogen-bond donors (Lipinski definition) is 4. The monoisotopic (exact) mass is 526 g/mol. The normalized spacial score (nSPS) is 26.5. The Kier molecular flexibility index (Phi) is 6.61. The number of methoxy groups -OCH3 is 1. The molecule has 204 valence electrons. The summed E-state index contributed by atoms with van der Waals surface area (Å²) in [4.78, 5) is 23.2. The number of carbonyl (C=O) groups is 1. The summed E-state index contributed by atoms with van der Waals surface area (Å²) in [5.41, 5.74) is 13.0. The molecule has 1 aliphatic heterocycles. The van der Waals surface area contributed by atoms with Gasteiger partial charge in [0.05, 0.1) is 13.7 Å². The largest absolute Gasteiger partial charge is 0.468 e. The van der Waals surface area contributed by atoms with Crippen LogP contribution < -0.4 is 5.73 Å². The number of nitrogens with two attached hydrogens (primary N) is 1. The summed E-state index contributed by atoms with van der Waals surface area (Å²) >= 11 is 0. The van der Waals surface area contributed by atoms with E-state index in [-0.39, 0.29) is 30.5 Å². The summed E-state index contributed by atoms with van der Waals surface area (Å²) in [6.45, 7) is 3.14. The highest BCUT2D eigenvalue weighted by atomic mass is 16.5. The van der Waals surface area contributed by atoms with Gasteiger partial charge in [-0.3, -0.25) is 9.69 Å². The average Bonchev–Trinajstić information content (AvgIpc) is 3.52. The lowest BCUT2D eigenvalue weighted by Crippen LogP contribution is -2.63. The van der Waals surface area contributed by atoms with Crippen LogP contribution >= 0.6 is 0 Å². The number of para-hydroxylation sites is 1. The second kappa shape index (κ2) is 9.97. The molecule has 7 nitrogen and oxygen atoms in total. The average molecular weight is 527 g/mol. The van der Waals surface area contributed by atoms with Gasteiger partial charge in [0.1, 0.15) is 5.41 Å². The van der Waals surface area contributed by atoms with Crippen LogP contribution in [0.4, 0.5) is 0 Å². The summed E-state index contributed by atoms with van der Waals surface area (Å²) in [7, 11) is 3.50. The van der Waals surface area contributed by atoms with Gasteiger partial charge in [-0.1, -0.05) is 42.0 Å². The second-order valence-corrected chi connectivity index (χ2v) is 11.2. The van der Waals surface area contributed by atoms with Gasteiger partial charge in [-0.25, -0.2) is 0 Å². The van der Waals surface area contributed by atoms with E-state index in [1.54, 1.807) is 0 Å². The second-order valence-electron chi connectivity index (χ2n) is 11.2. The van der Waals surface area contributed by atoms with Gasteiger partial charge in [0.2, 0.25) is 0 Å². The number of piperidine rings is 1. The first-order valence-corrected chi connectivity index (χ1v) is 13.9. The third kappa shape index (κ3) is 3.86. The van der Waals surface area contributed by atoms with Gasteiger partial charge in [-0.05, 0) is 68.6 Å². The molecule has 39 heavy (non-hydrogen) atoms. The number of aromatic nitrogens is 2. The number of nitrogens with zero attached hydrogens (tertiary/aromatic N) is 1. The smallest absolute Gasteiger partial charge is 0.316 e. The molecule has 0 radical (unpaired) electrons. The number of benzene rings is 2. The molecular weight excluding hydrogens is 488 g/mol. The van der Waals surface area contributed by atoms with Crippen molar-refractivity contribution in [2.75, 3.05) is 33.9 Å². The Morgan fingerprint density at radius 2 is 2.05 bits per heavy atom. The standard InChI is InChI=1S/C32H38N4O3/c1-4-19-17-36(2)29-15-25-23-7-5-6-8-27(23)35-30(25)24(14-26(19)32(29,18-37)31(38)39-3)20-9-10-22-21(11-12-33)16-34-28(22)13-20/h4-10,13,16,24,26,29,34-35,37H,11-12,14-15,17-18,33H2,1-3H3/b19-4-/t24-,26-,29-,32-/m0/s1. The number of aliphatic hydroxyl groups is 1. The zero-order valence-corrected chi connectivity index (χ0v) is 23.0. The Hall–Kier alpha value is -3.39. The van der Waals surface area contributed by atoms with Crippen molar-refractivity contribution in [3.63, 3.8) is 0 Å². The van der Waals surface area contributed by atoms with Gasteiger partial charge in [0.25, 0.3) is 0 Å². The van der Waals surface area contributed by atoms with Crippen LogP contribution in [0.2, 0.25) is 0 Å². The predicted molar refractivity (Wildman–Crippen MR) is 155 cm³/mol. The molecule has 6 rings (SSSR count). The zero-order valence-electron chi connectivity index (χ0n) is 23.0. The van der Waals surface area contributed by atoms with Gasteiger partial charge in [0.15, 0.2) is 0 Å². The summed E-state index contributed by atoms with van der Waals surface area (Å²) in [5.74, 6) is -0.505. The maximum absolute atomic E-state index is 13.7. The number of fused-ring (bicyclic) bond motifs is 6. The van der Waals surface area contributed by atoms with E-state index >= 15 is 0 Å². The maximum Gasteiger partial charge on any atom is 0.316 e. The lowest BCUT2D eigenvalue weighted by atomic mass is 9.58. The van der Waals surface area contributed by atoms with Gasteiger partial charge in [-0.15, -0.1) is 0 Å². The highest BCUT2D eigenvalue weighted by Crippen LogP contribution is 2.53. The first-order valence-electron chi connectivity index (χ1n) is 13.9. The number of likely N-dealkylation sites (tertiary alicyclic amines) is 1. The number of esters is 1. The Morgan fingerprint density at radius 1 is 1.23 bits per heavy atom. The summed E-state index contributed by atoms with van der Waals surface area (Å²) in [5, 5.41) is 13.4. The number of aliphatic hydroxyl groups excluding tert-OH is 1. The Labute approximate surface area is 229 Å². The number of carbonyl (C=O) groups excluding carboxylic acids is 1.